The molecule has 1 aromatic heterocycles. The van der Waals surface area contributed by atoms with Gasteiger partial charge in [-0.1, -0.05) is 48.6 Å². The fourth-order valence-electron chi connectivity index (χ4n) is 2.69. The Bertz CT molecular complexity index is 1020. The fourth-order valence-corrected chi connectivity index (χ4v) is 4.25. The third kappa shape index (κ3) is 3.47. The molecule has 0 spiro atoms. The molecule has 2 aromatic carbocycles. The van der Waals surface area contributed by atoms with Crippen LogP contribution in [0.15, 0.2) is 57.7 Å². The first kappa shape index (κ1) is 18.0. The predicted octanol–water partition coefficient (Wildman–Crippen LogP) is 5.05. The van der Waals surface area contributed by atoms with Crippen molar-refractivity contribution < 1.29 is 4.42 Å². The van der Waals surface area contributed by atoms with Gasteiger partial charge in [0.15, 0.2) is 5.58 Å². The summed E-state index contributed by atoms with van der Waals surface area (Å²) < 4.78 is 7.69. The van der Waals surface area contributed by atoms with E-state index in [0.29, 0.717) is 5.58 Å². The van der Waals surface area contributed by atoms with Crippen LogP contribution in [0.4, 0.5) is 0 Å². The Morgan fingerprint density at radius 1 is 1.04 bits per heavy atom. The van der Waals surface area contributed by atoms with E-state index in [1.165, 1.54) is 4.57 Å². The number of aromatic nitrogens is 1. The lowest BCUT2D eigenvalue weighted by Gasteiger charge is -2.15. The van der Waals surface area contributed by atoms with Gasteiger partial charge < -0.3 is 4.42 Å². The largest absolute Gasteiger partial charge is 0.419 e. The zero-order valence-corrected chi connectivity index (χ0v) is 16.6. The number of nitrogens with zero attached hydrogens (tertiary/aromatic N) is 1. The van der Waals surface area contributed by atoms with Gasteiger partial charge in [-0.2, -0.15) is 0 Å². The molecule has 0 saturated carbocycles. The third-order valence-corrected chi connectivity index (χ3v) is 6.06. The summed E-state index contributed by atoms with van der Waals surface area (Å²) in [4.78, 5) is 12.8. The second-order valence-electron chi connectivity index (χ2n) is 5.38. The summed E-state index contributed by atoms with van der Waals surface area (Å²) in [6, 6.07) is 16.0. The Labute approximate surface area is 160 Å². The Morgan fingerprint density at radius 2 is 1.76 bits per heavy atom. The van der Waals surface area contributed by atoms with E-state index in [9.17, 15) is 4.79 Å². The molecule has 0 amide bonds. The molecule has 0 atom stereocenters. The van der Waals surface area contributed by atoms with E-state index >= 15 is 0 Å². The van der Waals surface area contributed by atoms with Crippen molar-refractivity contribution in [1.82, 2.24) is 4.57 Å². The van der Waals surface area contributed by atoms with Gasteiger partial charge in [0.1, 0.15) is 0 Å². The van der Waals surface area contributed by atoms with Crippen LogP contribution in [0.25, 0.3) is 21.6 Å². The fraction of sp³-hybridized carbons (Fsp3) is 0.158. The molecule has 3 aromatic rings. The first-order valence-electron chi connectivity index (χ1n) is 7.58. The van der Waals surface area contributed by atoms with Gasteiger partial charge >= 0.3 is 5.76 Å². The van der Waals surface area contributed by atoms with Gasteiger partial charge in [-0.25, -0.2) is 4.79 Å². The van der Waals surface area contributed by atoms with E-state index in [1.807, 2.05) is 48.9 Å². The summed E-state index contributed by atoms with van der Waals surface area (Å²) in [6.45, 7) is 0. The molecule has 0 bridgehead atoms. The van der Waals surface area contributed by atoms with Crippen LogP contribution >= 0.6 is 35.7 Å². The van der Waals surface area contributed by atoms with Crippen molar-refractivity contribution in [2.45, 2.75) is 0 Å². The van der Waals surface area contributed by atoms with E-state index in [2.05, 4.69) is 12.1 Å². The van der Waals surface area contributed by atoms with Crippen molar-refractivity contribution >= 4 is 61.5 Å². The minimum Gasteiger partial charge on any atom is -0.408 e. The highest BCUT2D eigenvalue weighted by Crippen LogP contribution is 2.37. The normalized spacial score (nSPS) is 12.3. The van der Waals surface area contributed by atoms with Crippen LogP contribution in [0.1, 0.15) is 11.1 Å². The predicted molar refractivity (Wildman–Crippen MR) is 114 cm³/mol. The monoisotopic (exact) mass is 387 g/mol. The van der Waals surface area contributed by atoms with E-state index < -0.39 is 0 Å². The van der Waals surface area contributed by atoms with Crippen molar-refractivity contribution in [1.29, 1.82) is 0 Å². The van der Waals surface area contributed by atoms with Gasteiger partial charge in [-0.3, -0.25) is 4.57 Å². The number of hydrogen-bond acceptors (Lipinski definition) is 5. The molecule has 0 aliphatic carbocycles. The second-order valence-corrected chi connectivity index (χ2v) is 7.68. The summed E-state index contributed by atoms with van der Waals surface area (Å²) in [5, 5.41) is 0. The number of aryl methyl sites for hydroxylation is 1. The number of oxazole rings is 1. The Morgan fingerprint density at radius 3 is 2.40 bits per heavy atom. The lowest BCUT2D eigenvalue weighted by atomic mass is 10.0. The molecule has 0 unspecified atom stereocenters. The second kappa shape index (κ2) is 7.64. The Balaban J connectivity index is 2.26. The molecule has 0 radical (unpaired) electrons. The Kier molecular flexibility index (Phi) is 5.51. The quantitative estimate of drug-likeness (QED) is 0.355. The zero-order valence-electron chi connectivity index (χ0n) is 14.1. The van der Waals surface area contributed by atoms with E-state index in [1.54, 1.807) is 30.6 Å². The maximum absolute atomic E-state index is 11.8. The molecule has 1 heterocycles. The van der Waals surface area contributed by atoms with Crippen molar-refractivity contribution in [2.24, 2.45) is 7.05 Å². The number of rotatable bonds is 4. The first-order chi connectivity index (χ1) is 12.1. The lowest BCUT2D eigenvalue weighted by Crippen LogP contribution is -2.08. The number of thioether (sulfide) groups is 2. The minimum absolute atomic E-state index is 0.357. The van der Waals surface area contributed by atoms with Gasteiger partial charge in [0.05, 0.1) is 9.71 Å². The number of fused-ring (bicyclic) bond motifs is 1. The van der Waals surface area contributed by atoms with Crippen molar-refractivity contribution in [2.75, 3.05) is 12.5 Å². The molecule has 0 saturated heterocycles. The van der Waals surface area contributed by atoms with Gasteiger partial charge in [-0.15, -0.1) is 23.5 Å². The van der Waals surface area contributed by atoms with Crippen LogP contribution in [-0.2, 0) is 7.05 Å². The van der Waals surface area contributed by atoms with E-state index in [4.69, 9.17) is 16.6 Å². The molecule has 0 fully saturated rings. The lowest BCUT2D eigenvalue weighted by molar-refractivity contribution is 0.528. The standard InChI is InChI=1S/C19H17NO2S3/c1-20-14-10-9-13(11-15(14)22-19(20)21)17(24-2)16(18(23)25-3)12-7-5-4-6-8-12/h4-11H,1-3H3/b17-16+. The highest BCUT2D eigenvalue weighted by atomic mass is 32.2. The van der Waals surface area contributed by atoms with Crippen molar-refractivity contribution in [3.05, 3.63) is 70.2 Å². The number of benzene rings is 2. The van der Waals surface area contributed by atoms with Crippen LogP contribution < -0.4 is 5.76 Å². The van der Waals surface area contributed by atoms with Gasteiger partial charge in [0, 0.05) is 17.5 Å². The number of hydrogen-bond donors (Lipinski definition) is 0. The molecule has 128 valence electrons. The van der Waals surface area contributed by atoms with Crippen LogP contribution in [0.5, 0.6) is 0 Å². The summed E-state index contributed by atoms with van der Waals surface area (Å²) in [5.74, 6) is -0.357. The highest BCUT2D eigenvalue weighted by Gasteiger charge is 2.16. The van der Waals surface area contributed by atoms with Crippen molar-refractivity contribution in [3.63, 3.8) is 0 Å². The molecular weight excluding hydrogens is 370 g/mol. The SMILES string of the molecule is CSC(=S)/C(=C(/SC)c1ccc2c(c1)oc(=O)n2C)c1ccccc1. The van der Waals surface area contributed by atoms with Crippen LogP contribution in [0, 0.1) is 0 Å². The average Bonchev–Trinajstić information content (AvgIpc) is 2.93. The third-order valence-electron chi connectivity index (χ3n) is 3.94. The molecule has 0 N–H and O–H groups in total. The smallest absolute Gasteiger partial charge is 0.408 e. The van der Waals surface area contributed by atoms with Gasteiger partial charge in [0.25, 0.3) is 0 Å². The van der Waals surface area contributed by atoms with Crippen LogP contribution in [-0.4, -0.2) is 21.3 Å². The topological polar surface area (TPSA) is 35.1 Å². The molecule has 0 aliphatic rings. The summed E-state index contributed by atoms with van der Waals surface area (Å²) in [5.41, 5.74) is 4.47. The average molecular weight is 388 g/mol. The van der Waals surface area contributed by atoms with Crippen LogP contribution in [0.2, 0.25) is 0 Å². The van der Waals surface area contributed by atoms with Gasteiger partial charge in [-0.05, 0) is 35.8 Å². The number of thiocarbonyl (C=S) groups is 1. The summed E-state index contributed by atoms with van der Waals surface area (Å²) >= 11 is 8.84. The van der Waals surface area contributed by atoms with E-state index in [0.717, 1.165) is 31.3 Å². The molecule has 0 aliphatic heterocycles. The zero-order chi connectivity index (χ0) is 18.0. The highest BCUT2D eigenvalue weighted by molar-refractivity contribution is 8.24. The molecular formula is C19H17NO2S3. The van der Waals surface area contributed by atoms with Gasteiger partial charge in [0.2, 0.25) is 0 Å². The summed E-state index contributed by atoms with van der Waals surface area (Å²) in [7, 11) is 1.71. The maximum atomic E-state index is 11.8. The van der Waals surface area contributed by atoms with E-state index in [-0.39, 0.29) is 5.76 Å². The first-order valence-corrected chi connectivity index (χ1v) is 10.4. The molecule has 3 nitrogen and oxygen atoms in total. The van der Waals surface area contributed by atoms with Crippen molar-refractivity contribution in [3.8, 4) is 0 Å². The molecule has 25 heavy (non-hydrogen) atoms. The maximum Gasteiger partial charge on any atom is 0.419 e. The minimum atomic E-state index is -0.357. The van der Waals surface area contributed by atoms with Crippen LogP contribution in [0.3, 0.4) is 0 Å². The molecule has 6 heteroatoms. The summed E-state index contributed by atoms with van der Waals surface area (Å²) in [6.07, 6.45) is 4.02. The Hall–Kier alpha value is -1.76. The molecule has 3 rings (SSSR count).